The molecule has 0 radical (unpaired) electrons. The molecule has 3 heterocycles. The second kappa shape index (κ2) is 19.5. The zero-order chi connectivity index (χ0) is 59.6. The van der Waals surface area contributed by atoms with E-state index in [2.05, 4.69) is 199 Å². The van der Waals surface area contributed by atoms with Crippen LogP contribution in [-0.2, 0) is 28.0 Å². The highest BCUT2D eigenvalue weighted by Gasteiger charge is 2.38. The van der Waals surface area contributed by atoms with Gasteiger partial charge in [-0.25, -0.2) is 4.98 Å². The van der Waals surface area contributed by atoms with E-state index in [0.717, 1.165) is 90.8 Å². The summed E-state index contributed by atoms with van der Waals surface area (Å²) in [6.07, 6.45) is 1.92. The predicted molar refractivity (Wildman–Crippen MR) is 335 cm³/mol. The van der Waals surface area contributed by atoms with E-state index in [0.29, 0.717) is 41.2 Å². The van der Waals surface area contributed by atoms with Crippen molar-refractivity contribution in [1.82, 2.24) is 9.55 Å². The van der Waals surface area contributed by atoms with E-state index < -0.39 is 6.37 Å². The first-order valence-corrected chi connectivity index (χ1v) is 28.2. The Hall–Kier alpha value is -7.89. The Morgan fingerprint density at radius 1 is 0.582 bits per heavy atom. The van der Waals surface area contributed by atoms with Gasteiger partial charge in [0, 0.05) is 48.7 Å². The Morgan fingerprint density at radius 3 is 1.95 bits per heavy atom. The molecule has 0 atom stereocenters. The molecular formula is C74H76N4O. The van der Waals surface area contributed by atoms with Crippen LogP contribution in [-0.4, -0.2) is 16.2 Å². The number of anilines is 4. The summed E-state index contributed by atoms with van der Waals surface area (Å²) in [7, 11) is 0. The fourth-order valence-electron chi connectivity index (χ4n) is 12.1. The largest absolute Gasteiger partial charge is 0.457 e. The lowest BCUT2D eigenvalue weighted by Crippen LogP contribution is -2.33. The minimum atomic E-state index is -1.54. The molecule has 5 heteroatoms. The Labute approximate surface area is 476 Å². The molecule has 1 aliphatic heterocycles. The van der Waals surface area contributed by atoms with Crippen molar-refractivity contribution in [2.24, 2.45) is 5.92 Å². The SMILES string of the molecule is [2H]c1c([2H])c2c(c([2H])c1-c1cccc(-c3ccc(-c4ccc(C(C)(C)C)cc4C(C)(C)C)cc3)c1N1CN(c3cccc(Oc4ccc5c6ccccc6n(-c6cc(C([2H])([2H])C(C)C)ccn6)c5c4)c3)c3ccccc31)C(C)(C)CCC2(C)C. The number of ether oxygens (including phenoxy) is 1. The average Bonchev–Trinajstić information content (AvgIpc) is 1.24. The van der Waals surface area contributed by atoms with Gasteiger partial charge in [0.15, 0.2) is 0 Å². The van der Waals surface area contributed by atoms with E-state index in [1.807, 2.05) is 56.3 Å². The molecule has 1 aliphatic carbocycles. The monoisotopic (exact) mass is 1040 g/mol. The lowest BCUT2D eigenvalue weighted by Gasteiger charge is -2.42. The quantitative estimate of drug-likeness (QED) is 0.137. The summed E-state index contributed by atoms with van der Waals surface area (Å²) in [6, 6.07) is 57.4. The van der Waals surface area contributed by atoms with Crippen LogP contribution in [0.3, 0.4) is 0 Å². The molecule has 8 aromatic carbocycles. The normalized spacial score (nSPS) is 16.1. The van der Waals surface area contributed by atoms with E-state index in [-0.39, 0.29) is 39.7 Å². The van der Waals surface area contributed by atoms with Crippen molar-refractivity contribution in [1.29, 1.82) is 0 Å². The van der Waals surface area contributed by atoms with Gasteiger partial charge in [-0.3, -0.25) is 4.57 Å². The van der Waals surface area contributed by atoms with Crippen LogP contribution in [0.4, 0.5) is 22.7 Å². The van der Waals surface area contributed by atoms with Crippen molar-refractivity contribution in [3.8, 4) is 50.7 Å². The maximum Gasteiger partial charge on any atom is 0.137 e. The number of aromatic nitrogens is 2. The maximum absolute atomic E-state index is 10.3. The molecule has 79 heavy (non-hydrogen) atoms. The fourth-order valence-corrected chi connectivity index (χ4v) is 12.1. The van der Waals surface area contributed by atoms with Crippen LogP contribution in [0.15, 0.2) is 188 Å². The molecule has 2 aromatic heterocycles. The van der Waals surface area contributed by atoms with Crippen LogP contribution in [0.1, 0.15) is 131 Å². The number of rotatable bonds is 10. The number of pyridine rings is 1. The van der Waals surface area contributed by atoms with E-state index in [4.69, 9.17) is 12.5 Å². The molecule has 0 saturated heterocycles. The summed E-state index contributed by atoms with van der Waals surface area (Å²) < 4.78 is 56.8. The number of benzene rings is 8. The van der Waals surface area contributed by atoms with Crippen molar-refractivity contribution in [2.75, 3.05) is 16.5 Å². The van der Waals surface area contributed by atoms with Crippen molar-refractivity contribution in [3.63, 3.8) is 0 Å². The standard InChI is InChI=1S/C74H76N4O/c1-48(2)41-49-37-40-75-69(42-49)78-65-24-14-13-21-60(65)61-35-33-56(46-68(61)78)79-55-20-17-19-54(45-55)76-47-77(67-26-16-15-25-66(67)76)70-58(22-18-23-59(70)52-31-36-62-64(43-52)74(11,12)39-38-73(62,9)10)51-29-27-50(28-30-51)57-34-32-53(71(3,4)5)44-63(57)72(6,7)8/h13-37,40,42-46,48H,38-39,41,47H2,1-12H3/i31D,36D,41D2,43D. The summed E-state index contributed by atoms with van der Waals surface area (Å²) >= 11 is 0. The van der Waals surface area contributed by atoms with Gasteiger partial charge in [0.05, 0.1) is 32.2 Å². The lowest BCUT2D eigenvalue weighted by molar-refractivity contribution is 0.332. The van der Waals surface area contributed by atoms with E-state index in [9.17, 15) is 4.11 Å². The number of nitrogens with zero attached hydrogens (tertiary/aromatic N) is 4. The van der Waals surface area contributed by atoms with Crippen molar-refractivity contribution in [2.45, 2.75) is 124 Å². The van der Waals surface area contributed by atoms with Crippen LogP contribution >= 0.6 is 0 Å². The van der Waals surface area contributed by atoms with E-state index in [1.165, 1.54) is 16.7 Å². The highest BCUT2D eigenvalue weighted by Crippen LogP contribution is 2.53. The van der Waals surface area contributed by atoms with Crippen molar-refractivity contribution < 1.29 is 11.6 Å². The van der Waals surface area contributed by atoms with Crippen LogP contribution in [0.5, 0.6) is 11.5 Å². The molecule has 12 rings (SSSR count). The van der Waals surface area contributed by atoms with Gasteiger partial charge in [-0.15, -0.1) is 0 Å². The Bertz CT molecular complexity index is 4240. The smallest absolute Gasteiger partial charge is 0.137 e. The van der Waals surface area contributed by atoms with Crippen LogP contribution in [0.2, 0.25) is 0 Å². The topological polar surface area (TPSA) is 33.5 Å². The Kier molecular flexibility index (Phi) is 11.4. The molecule has 0 fully saturated rings. The van der Waals surface area contributed by atoms with Crippen LogP contribution < -0.4 is 14.5 Å². The molecular weight excluding hydrogens is 961 g/mol. The molecule has 0 unspecified atom stereocenters. The lowest BCUT2D eigenvalue weighted by atomic mass is 9.63. The minimum Gasteiger partial charge on any atom is -0.457 e. The van der Waals surface area contributed by atoms with Gasteiger partial charge in [-0.05, 0) is 151 Å². The van der Waals surface area contributed by atoms with Crippen molar-refractivity contribution >= 4 is 44.6 Å². The molecule has 0 bridgehead atoms. The van der Waals surface area contributed by atoms with Gasteiger partial charge in [0.25, 0.3) is 0 Å². The Morgan fingerprint density at radius 2 is 1.23 bits per heavy atom. The highest BCUT2D eigenvalue weighted by atomic mass is 16.5. The molecule has 10 aromatic rings. The molecule has 2 aliphatic rings. The Balaban J connectivity index is 0.973. The zero-order valence-electron chi connectivity index (χ0n) is 53.1. The summed E-state index contributed by atoms with van der Waals surface area (Å²) in [5.74, 6) is 1.70. The number of hydrogen-bond donors (Lipinski definition) is 0. The second-order valence-electron chi connectivity index (χ2n) is 25.6. The predicted octanol–water partition coefficient (Wildman–Crippen LogP) is 20.4. The minimum absolute atomic E-state index is 0.00949. The molecule has 0 N–H and O–H groups in total. The first-order valence-electron chi connectivity index (χ1n) is 30.7. The highest BCUT2D eigenvalue weighted by molar-refractivity contribution is 6.09. The summed E-state index contributed by atoms with van der Waals surface area (Å²) in [4.78, 5) is 9.45. The summed E-state index contributed by atoms with van der Waals surface area (Å²) in [5, 5.41) is 2.10. The third kappa shape index (κ3) is 9.60. The van der Waals surface area contributed by atoms with Gasteiger partial charge in [-0.1, -0.05) is 198 Å². The van der Waals surface area contributed by atoms with Gasteiger partial charge >= 0.3 is 0 Å². The molecule has 398 valence electrons. The van der Waals surface area contributed by atoms with Gasteiger partial charge in [0.2, 0.25) is 0 Å². The fraction of sp³-hybridized carbons (Fsp3) is 0.284. The van der Waals surface area contributed by atoms with Gasteiger partial charge in [-0.2, -0.15) is 0 Å². The average molecular weight is 1040 g/mol. The second-order valence-corrected chi connectivity index (χ2v) is 25.6. The summed E-state index contributed by atoms with van der Waals surface area (Å²) in [5.41, 5.74) is 15.3. The first kappa shape index (κ1) is 46.1. The van der Waals surface area contributed by atoms with E-state index in [1.54, 1.807) is 12.3 Å². The number of hydrogen-bond acceptors (Lipinski definition) is 4. The van der Waals surface area contributed by atoms with Crippen molar-refractivity contribution in [3.05, 3.63) is 216 Å². The third-order valence-corrected chi connectivity index (χ3v) is 16.5. The first-order chi connectivity index (χ1) is 39.7. The maximum atomic E-state index is 10.3. The van der Waals surface area contributed by atoms with E-state index >= 15 is 0 Å². The molecule has 0 spiro atoms. The number of fused-ring (bicyclic) bond motifs is 5. The van der Waals surface area contributed by atoms with Crippen LogP contribution in [0.25, 0.3) is 61.0 Å². The zero-order valence-corrected chi connectivity index (χ0v) is 48.1. The molecule has 0 saturated carbocycles. The number of para-hydroxylation sites is 4. The summed E-state index contributed by atoms with van der Waals surface area (Å²) in [6.45, 7) is 26.6. The van der Waals surface area contributed by atoms with Crippen LogP contribution in [0, 0.1) is 5.92 Å². The van der Waals surface area contributed by atoms with Gasteiger partial charge < -0.3 is 14.5 Å². The molecule has 0 amide bonds. The third-order valence-electron chi connectivity index (χ3n) is 16.5. The van der Waals surface area contributed by atoms with Gasteiger partial charge in [0.1, 0.15) is 24.0 Å². The molecule has 5 nitrogen and oxygen atoms in total.